The minimum Gasteiger partial charge on any atom is -0.492 e. The van der Waals surface area contributed by atoms with E-state index in [0.29, 0.717) is 22.7 Å². The second kappa shape index (κ2) is 10.0. The van der Waals surface area contributed by atoms with Crippen LogP contribution >= 0.6 is 11.9 Å². The Kier molecular flexibility index (Phi) is 7.90. The highest BCUT2D eigenvalue weighted by molar-refractivity contribution is 7.99. The van der Waals surface area contributed by atoms with Crippen LogP contribution in [0.3, 0.4) is 0 Å². The van der Waals surface area contributed by atoms with E-state index in [-0.39, 0.29) is 11.3 Å². The third-order valence-electron chi connectivity index (χ3n) is 4.87. The van der Waals surface area contributed by atoms with Crippen LogP contribution in [-0.4, -0.2) is 26.3 Å². The largest absolute Gasteiger partial charge is 0.492 e. The van der Waals surface area contributed by atoms with Crippen LogP contribution in [0.2, 0.25) is 0 Å². The first kappa shape index (κ1) is 24.5. The molecule has 0 radical (unpaired) electrons. The molecule has 6 nitrogen and oxygen atoms in total. The number of hydrogen-bond donors (Lipinski definition) is 3. The second-order valence-corrected chi connectivity index (χ2v) is 9.21. The van der Waals surface area contributed by atoms with Crippen molar-refractivity contribution in [1.29, 1.82) is 0 Å². The van der Waals surface area contributed by atoms with Gasteiger partial charge >= 0.3 is 0 Å². The predicted octanol–water partition coefficient (Wildman–Crippen LogP) is 5.50. The summed E-state index contributed by atoms with van der Waals surface area (Å²) in [5.74, 6) is 0.393. The van der Waals surface area contributed by atoms with Crippen molar-refractivity contribution < 1.29 is 9.53 Å². The van der Waals surface area contributed by atoms with Gasteiger partial charge in [-0.05, 0) is 54.7 Å². The lowest BCUT2D eigenvalue weighted by atomic mass is 9.86. The van der Waals surface area contributed by atoms with Gasteiger partial charge in [0, 0.05) is 36.5 Å². The Hall–Kier alpha value is -2.80. The molecule has 0 heterocycles. The number of rotatable bonds is 7. The van der Waals surface area contributed by atoms with Gasteiger partial charge in [-0.25, -0.2) is 0 Å². The Morgan fingerprint density at radius 3 is 2.39 bits per heavy atom. The van der Waals surface area contributed by atoms with Crippen molar-refractivity contribution in [3.63, 3.8) is 0 Å². The SMILES string of the molecule is COc1c(NSC)cc(C(C)(C)C)cc1NC(=O)c1ccc(C)c(N(C)/C=C(/C)N)c1. The van der Waals surface area contributed by atoms with E-state index >= 15 is 0 Å². The summed E-state index contributed by atoms with van der Waals surface area (Å²) >= 11 is 1.48. The van der Waals surface area contributed by atoms with E-state index in [9.17, 15) is 4.79 Å². The molecule has 0 unspecified atom stereocenters. The summed E-state index contributed by atoms with van der Waals surface area (Å²) in [4.78, 5) is 15.1. The van der Waals surface area contributed by atoms with Gasteiger partial charge in [-0.1, -0.05) is 38.8 Å². The lowest BCUT2D eigenvalue weighted by Crippen LogP contribution is -2.18. The molecule has 0 aliphatic heterocycles. The van der Waals surface area contributed by atoms with Gasteiger partial charge in [-0.3, -0.25) is 4.79 Å². The standard InChI is InChI=1S/C24H34N4O2S/c1-15-9-10-17(11-21(15)28(6)14-16(2)25)23(29)26-19-12-18(24(3,4)5)13-20(27-31-8)22(19)30-7/h9-14,27H,25H2,1-8H3,(H,26,29)/b16-14-. The second-order valence-electron chi connectivity index (χ2n) is 8.60. The van der Waals surface area contributed by atoms with E-state index in [4.69, 9.17) is 10.5 Å². The molecular weight excluding hydrogens is 408 g/mol. The van der Waals surface area contributed by atoms with Gasteiger partial charge in [-0.2, -0.15) is 0 Å². The van der Waals surface area contributed by atoms with E-state index in [0.717, 1.165) is 22.5 Å². The first-order valence-electron chi connectivity index (χ1n) is 10.1. The zero-order valence-corrected chi connectivity index (χ0v) is 20.5. The average Bonchev–Trinajstić information content (AvgIpc) is 2.67. The minimum atomic E-state index is -0.206. The lowest BCUT2D eigenvalue weighted by molar-refractivity contribution is 0.102. The fraction of sp³-hybridized carbons (Fsp3) is 0.375. The number of anilines is 3. The monoisotopic (exact) mass is 442 g/mol. The number of carbonyl (C=O) groups is 1. The number of aryl methyl sites for hydroxylation is 1. The summed E-state index contributed by atoms with van der Waals surface area (Å²) in [5.41, 5.74) is 11.5. The number of ether oxygens (including phenoxy) is 1. The molecule has 0 spiro atoms. The molecule has 0 aromatic heterocycles. The van der Waals surface area contributed by atoms with Gasteiger partial charge in [0.1, 0.15) is 0 Å². The Morgan fingerprint density at radius 2 is 1.84 bits per heavy atom. The molecule has 2 rings (SSSR count). The van der Waals surface area contributed by atoms with Crippen LogP contribution in [0.25, 0.3) is 0 Å². The summed E-state index contributed by atoms with van der Waals surface area (Å²) in [6.45, 7) is 10.2. The molecule has 1 amide bonds. The van der Waals surface area contributed by atoms with Crippen LogP contribution in [0.15, 0.2) is 42.2 Å². The minimum absolute atomic E-state index is 0.0905. The highest BCUT2D eigenvalue weighted by Crippen LogP contribution is 2.39. The maximum absolute atomic E-state index is 13.2. The number of methoxy groups -OCH3 is 1. The molecule has 4 N–H and O–H groups in total. The quantitative estimate of drug-likeness (QED) is 0.491. The van der Waals surface area contributed by atoms with Crippen molar-refractivity contribution in [2.24, 2.45) is 5.73 Å². The van der Waals surface area contributed by atoms with E-state index in [1.807, 2.05) is 62.5 Å². The highest BCUT2D eigenvalue weighted by atomic mass is 32.2. The fourth-order valence-electron chi connectivity index (χ4n) is 3.26. The summed E-state index contributed by atoms with van der Waals surface area (Å²) < 4.78 is 8.90. The molecule has 0 saturated carbocycles. The van der Waals surface area contributed by atoms with Crippen LogP contribution in [0.4, 0.5) is 17.1 Å². The van der Waals surface area contributed by atoms with Crippen LogP contribution < -0.4 is 25.4 Å². The smallest absolute Gasteiger partial charge is 0.255 e. The molecule has 7 heteroatoms. The summed E-state index contributed by atoms with van der Waals surface area (Å²) in [7, 11) is 3.52. The molecule has 0 atom stereocenters. The van der Waals surface area contributed by atoms with Gasteiger partial charge in [-0.15, -0.1) is 0 Å². The molecule has 2 aromatic rings. The first-order valence-corrected chi connectivity index (χ1v) is 11.3. The fourth-order valence-corrected chi connectivity index (χ4v) is 3.63. The van der Waals surface area contributed by atoms with Crippen molar-refractivity contribution in [3.8, 4) is 5.75 Å². The maximum atomic E-state index is 13.2. The van der Waals surface area contributed by atoms with Gasteiger partial charge in [0.15, 0.2) is 5.75 Å². The molecule has 0 aliphatic rings. The number of carbonyl (C=O) groups excluding carboxylic acids is 1. The lowest BCUT2D eigenvalue weighted by Gasteiger charge is -2.24. The third-order valence-corrected chi connectivity index (χ3v) is 5.29. The number of nitrogens with zero attached hydrogens (tertiary/aromatic N) is 1. The van der Waals surface area contributed by atoms with Crippen molar-refractivity contribution in [2.45, 2.75) is 40.0 Å². The molecule has 0 bridgehead atoms. The van der Waals surface area contributed by atoms with Crippen molar-refractivity contribution >= 4 is 34.9 Å². The predicted molar refractivity (Wildman–Crippen MR) is 134 cm³/mol. The third kappa shape index (κ3) is 6.10. The van der Waals surface area contributed by atoms with Crippen molar-refractivity contribution in [2.75, 3.05) is 35.4 Å². The summed E-state index contributed by atoms with van der Waals surface area (Å²) in [5, 5.41) is 3.04. The Morgan fingerprint density at radius 1 is 1.19 bits per heavy atom. The number of nitrogens with one attached hydrogen (secondary N) is 2. The number of amides is 1. The van der Waals surface area contributed by atoms with Gasteiger partial charge in [0.05, 0.1) is 18.5 Å². The zero-order valence-electron chi connectivity index (χ0n) is 19.7. The highest BCUT2D eigenvalue weighted by Gasteiger charge is 2.21. The molecule has 0 fully saturated rings. The van der Waals surface area contributed by atoms with Crippen LogP contribution in [0.5, 0.6) is 5.75 Å². The van der Waals surface area contributed by atoms with E-state index in [1.165, 1.54) is 11.9 Å². The van der Waals surface area contributed by atoms with Crippen molar-refractivity contribution in [3.05, 3.63) is 58.9 Å². The molecule has 168 valence electrons. The Balaban J connectivity index is 2.47. The van der Waals surface area contributed by atoms with Gasteiger partial charge in [0.25, 0.3) is 5.91 Å². The van der Waals surface area contributed by atoms with E-state index < -0.39 is 0 Å². The number of benzene rings is 2. The Bertz CT molecular complexity index is 976. The Labute approximate surface area is 190 Å². The molecular formula is C24H34N4O2S. The molecule has 2 aromatic carbocycles. The molecule has 0 saturated heterocycles. The van der Waals surface area contributed by atoms with Crippen LogP contribution in [-0.2, 0) is 5.41 Å². The first-order chi connectivity index (χ1) is 14.5. The van der Waals surface area contributed by atoms with Crippen LogP contribution in [0, 0.1) is 6.92 Å². The van der Waals surface area contributed by atoms with Gasteiger partial charge < -0.3 is 25.4 Å². The van der Waals surface area contributed by atoms with E-state index in [1.54, 1.807) is 7.11 Å². The van der Waals surface area contributed by atoms with E-state index in [2.05, 4.69) is 36.9 Å². The maximum Gasteiger partial charge on any atom is 0.255 e. The molecule has 0 aliphatic carbocycles. The summed E-state index contributed by atoms with van der Waals surface area (Å²) in [6.07, 6.45) is 3.78. The van der Waals surface area contributed by atoms with Gasteiger partial charge in [0.2, 0.25) is 0 Å². The number of allylic oxidation sites excluding steroid dienone is 1. The summed E-state index contributed by atoms with van der Waals surface area (Å²) in [6, 6.07) is 9.66. The average molecular weight is 443 g/mol. The van der Waals surface area contributed by atoms with Crippen LogP contribution in [0.1, 0.15) is 49.2 Å². The van der Waals surface area contributed by atoms with Crippen molar-refractivity contribution in [1.82, 2.24) is 0 Å². The number of nitrogens with two attached hydrogens (primary N) is 1. The topological polar surface area (TPSA) is 79.6 Å². The zero-order chi connectivity index (χ0) is 23.3. The normalized spacial score (nSPS) is 11.8. The molecule has 31 heavy (non-hydrogen) atoms. The number of hydrogen-bond acceptors (Lipinski definition) is 6.